The van der Waals surface area contributed by atoms with Gasteiger partial charge in [-0.15, -0.1) is 0 Å². The van der Waals surface area contributed by atoms with Crippen molar-refractivity contribution in [3.63, 3.8) is 0 Å². The molecule has 0 N–H and O–H groups in total. The number of unbranched alkanes of at least 4 members (excludes halogenated alkanes) is 2. The van der Waals surface area contributed by atoms with Gasteiger partial charge in [-0.05, 0) is 92.1 Å². The molecular formula is C35H54. The summed E-state index contributed by atoms with van der Waals surface area (Å²) < 4.78 is 0. The number of aryl methyl sites for hydroxylation is 1. The van der Waals surface area contributed by atoms with Crippen LogP contribution in [-0.2, 0) is 6.42 Å². The molecule has 0 saturated heterocycles. The van der Waals surface area contributed by atoms with Crippen molar-refractivity contribution in [2.45, 2.75) is 129 Å². The fraction of sp³-hybridized carbons (Fsp3) is 0.714. The Morgan fingerprint density at radius 1 is 0.657 bits per heavy atom. The topological polar surface area (TPSA) is 0 Å². The minimum absolute atomic E-state index is 0.622. The van der Waals surface area contributed by atoms with Crippen molar-refractivity contribution in [2.75, 3.05) is 0 Å². The normalized spacial score (nSPS) is 31.7. The Morgan fingerprint density at radius 2 is 1.34 bits per heavy atom. The van der Waals surface area contributed by atoms with Crippen molar-refractivity contribution in [1.29, 1.82) is 0 Å². The van der Waals surface area contributed by atoms with Crippen molar-refractivity contribution in [1.82, 2.24) is 0 Å². The van der Waals surface area contributed by atoms with Gasteiger partial charge in [0.25, 0.3) is 0 Å². The van der Waals surface area contributed by atoms with Gasteiger partial charge in [-0.25, -0.2) is 0 Å². The molecule has 3 aliphatic carbocycles. The maximum absolute atomic E-state index is 2.58. The zero-order chi connectivity index (χ0) is 24.3. The van der Waals surface area contributed by atoms with Crippen LogP contribution in [0.5, 0.6) is 0 Å². The molecule has 4 rings (SSSR count). The van der Waals surface area contributed by atoms with Gasteiger partial charge in [0, 0.05) is 5.92 Å². The van der Waals surface area contributed by atoms with Crippen molar-refractivity contribution >= 4 is 0 Å². The van der Waals surface area contributed by atoms with E-state index in [4.69, 9.17) is 0 Å². The highest BCUT2D eigenvalue weighted by Gasteiger charge is 2.21. The first kappa shape index (κ1) is 26.8. The molecule has 2 atom stereocenters. The molecule has 2 unspecified atom stereocenters. The van der Waals surface area contributed by atoms with Gasteiger partial charge >= 0.3 is 0 Å². The van der Waals surface area contributed by atoms with Gasteiger partial charge in [-0.1, -0.05) is 120 Å². The van der Waals surface area contributed by atoms with Gasteiger partial charge in [-0.3, -0.25) is 0 Å². The van der Waals surface area contributed by atoms with E-state index in [1.54, 1.807) is 5.56 Å². The summed E-state index contributed by atoms with van der Waals surface area (Å²) in [4.78, 5) is 0. The summed E-state index contributed by atoms with van der Waals surface area (Å²) in [5.41, 5.74) is 3.07. The van der Waals surface area contributed by atoms with Crippen molar-refractivity contribution in [3.8, 4) is 0 Å². The first-order valence-corrected chi connectivity index (χ1v) is 15.7. The lowest BCUT2D eigenvalue weighted by atomic mass is 9.78. The Labute approximate surface area is 218 Å². The van der Waals surface area contributed by atoms with E-state index < -0.39 is 0 Å². The van der Waals surface area contributed by atoms with Crippen LogP contribution in [0.1, 0.15) is 134 Å². The minimum Gasteiger partial charge on any atom is -0.0848 e. The number of benzene rings is 1. The highest BCUT2D eigenvalue weighted by molar-refractivity contribution is 5.29. The minimum atomic E-state index is 0.622. The summed E-state index contributed by atoms with van der Waals surface area (Å²) in [7, 11) is 0. The van der Waals surface area contributed by atoms with E-state index >= 15 is 0 Å². The lowest BCUT2D eigenvalue weighted by Crippen LogP contribution is -2.14. The van der Waals surface area contributed by atoms with Crippen LogP contribution in [0, 0.1) is 29.6 Å². The highest BCUT2D eigenvalue weighted by atomic mass is 14.3. The molecule has 3 aliphatic rings. The Morgan fingerprint density at radius 3 is 2.00 bits per heavy atom. The van der Waals surface area contributed by atoms with Gasteiger partial charge in [0.2, 0.25) is 0 Å². The second kappa shape index (κ2) is 14.4. The Balaban J connectivity index is 1.16. The summed E-state index contributed by atoms with van der Waals surface area (Å²) in [5.74, 6) is 5.15. The molecule has 2 fully saturated rings. The van der Waals surface area contributed by atoms with Crippen molar-refractivity contribution < 1.29 is 0 Å². The van der Waals surface area contributed by atoms with Crippen molar-refractivity contribution in [2.24, 2.45) is 29.6 Å². The number of allylic oxidation sites excluding steroid dienone is 4. The molecule has 0 radical (unpaired) electrons. The van der Waals surface area contributed by atoms with Gasteiger partial charge in [0.05, 0.1) is 0 Å². The second-order valence-corrected chi connectivity index (χ2v) is 12.5. The maximum atomic E-state index is 2.58. The molecule has 194 valence electrons. The smallest absolute Gasteiger partial charge is 0.00185 e. The van der Waals surface area contributed by atoms with Crippen LogP contribution in [-0.4, -0.2) is 0 Å². The average Bonchev–Trinajstić information content (AvgIpc) is 2.92. The lowest BCUT2D eigenvalue weighted by Gasteiger charge is -2.28. The third kappa shape index (κ3) is 8.65. The third-order valence-electron chi connectivity index (χ3n) is 9.93. The van der Waals surface area contributed by atoms with E-state index in [2.05, 4.69) is 62.4 Å². The summed E-state index contributed by atoms with van der Waals surface area (Å²) in [6, 6.07) is 9.69. The molecule has 0 amide bonds. The van der Waals surface area contributed by atoms with E-state index in [-0.39, 0.29) is 0 Å². The zero-order valence-electron chi connectivity index (χ0n) is 23.1. The molecule has 1 aromatic rings. The molecule has 0 nitrogen and oxygen atoms in total. The van der Waals surface area contributed by atoms with Crippen LogP contribution in [0.15, 0.2) is 48.6 Å². The first-order valence-electron chi connectivity index (χ1n) is 15.7. The lowest BCUT2D eigenvalue weighted by molar-refractivity contribution is 0.259. The molecule has 0 heteroatoms. The summed E-state index contributed by atoms with van der Waals surface area (Å²) in [6.45, 7) is 4.69. The molecule has 0 aliphatic heterocycles. The van der Waals surface area contributed by atoms with E-state index in [0.717, 1.165) is 23.7 Å². The number of rotatable bonds is 11. The van der Waals surface area contributed by atoms with Crippen LogP contribution >= 0.6 is 0 Å². The van der Waals surface area contributed by atoms with Crippen LogP contribution in [0.3, 0.4) is 0 Å². The number of hydrogen-bond acceptors (Lipinski definition) is 0. The van der Waals surface area contributed by atoms with Crippen LogP contribution in [0.25, 0.3) is 0 Å². The molecule has 0 spiro atoms. The second-order valence-electron chi connectivity index (χ2n) is 12.5. The van der Waals surface area contributed by atoms with Crippen LogP contribution in [0.4, 0.5) is 0 Å². The highest BCUT2D eigenvalue weighted by Crippen LogP contribution is 2.36. The van der Waals surface area contributed by atoms with E-state index in [1.165, 1.54) is 115 Å². The standard InChI is InChI=1S/C35H54/c1-3-5-6-7-29-12-14-31(15-13-29)17-19-33-22-26-35(27-23-33)34-24-20-32(21-25-34)18-16-30-10-8-28(4-2)9-11-30/h17,19-22,24-26,28-31,33,35H,3-16,18,23,27H2,1-2H3/b19-17+. The summed E-state index contributed by atoms with van der Waals surface area (Å²) in [5, 5.41) is 0. The SMILES string of the molecule is CCCCCC1CCC(/C=C/C2C=CC(c3ccc(CCC4CCC(CC)CC4)cc3)CC2)CC1. The Kier molecular flexibility index (Phi) is 11.0. The molecule has 0 aromatic heterocycles. The fourth-order valence-electron chi connectivity index (χ4n) is 7.16. The van der Waals surface area contributed by atoms with Gasteiger partial charge in [0.15, 0.2) is 0 Å². The third-order valence-corrected chi connectivity index (χ3v) is 9.93. The van der Waals surface area contributed by atoms with Crippen LogP contribution < -0.4 is 0 Å². The predicted octanol–water partition coefficient (Wildman–Crippen LogP) is 10.8. The monoisotopic (exact) mass is 474 g/mol. The average molecular weight is 475 g/mol. The van der Waals surface area contributed by atoms with Crippen molar-refractivity contribution in [3.05, 3.63) is 59.7 Å². The molecule has 2 saturated carbocycles. The molecule has 1 aromatic carbocycles. The number of hydrogen-bond donors (Lipinski definition) is 0. The fourth-order valence-corrected chi connectivity index (χ4v) is 7.16. The quantitative estimate of drug-likeness (QED) is 0.221. The van der Waals surface area contributed by atoms with E-state index in [9.17, 15) is 0 Å². The summed E-state index contributed by atoms with van der Waals surface area (Å²) >= 11 is 0. The zero-order valence-corrected chi connectivity index (χ0v) is 23.1. The first-order chi connectivity index (χ1) is 17.2. The Hall–Kier alpha value is -1.30. The maximum Gasteiger partial charge on any atom is 0.00185 e. The predicted molar refractivity (Wildman–Crippen MR) is 154 cm³/mol. The van der Waals surface area contributed by atoms with E-state index in [1.807, 2.05) is 0 Å². The summed E-state index contributed by atoms with van der Waals surface area (Å²) in [6.07, 6.45) is 34.2. The Bertz CT molecular complexity index is 752. The molecule has 0 heterocycles. The molecule has 0 bridgehead atoms. The van der Waals surface area contributed by atoms with Gasteiger partial charge in [-0.2, -0.15) is 0 Å². The largest absolute Gasteiger partial charge is 0.0848 e. The van der Waals surface area contributed by atoms with Crippen LogP contribution in [0.2, 0.25) is 0 Å². The van der Waals surface area contributed by atoms with Gasteiger partial charge < -0.3 is 0 Å². The van der Waals surface area contributed by atoms with E-state index in [0.29, 0.717) is 11.8 Å². The molecular weight excluding hydrogens is 420 g/mol. The molecule has 35 heavy (non-hydrogen) atoms. The van der Waals surface area contributed by atoms with Gasteiger partial charge in [0.1, 0.15) is 0 Å².